The molecule has 1 aromatic carbocycles. The summed E-state index contributed by atoms with van der Waals surface area (Å²) in [5.74, 6) is 0.867. The van der Waals surface area contributed by atoms with Gasteiger partial charge in [0.05, 0.1) is 0 Å². The highest BCUT2D eigenvalue weighted by Gasteiger charge is 2.02. The minimum absolute atomic E-state index is 0.625. The third-order valence-corrected chi connectivity index (χ3v) is 2.81. The molecule has 0 aliphatic heterocycles. The maximum atomic E-state index is 5.54. The van der Waals surface area contributed by atoms with E-state index < -0.39 is 0 Å². The number of aromatic nitrogens is 2. The zero-order valence-corrected chi connectivity index (χ0v) is 11.0. The molecule has 0 saturated carbocycles. The quantitative estimate of drug-likeness (QED) is 0.892. The molecule has 0 radical (unpaired) electrons. The van der Waals surface area contributed by atoms with E-state index in [0.29, 0.717) is 6.54 Å². The lowest BCUT2D eigenvalue weighted by atomic mass is 10.0. The van der Waals surface area contributed by atoms with Gasteiger partial charge in [-0.3, -0.25) is 0 Å². The third kappa shape index (κ3) is 3.37. The normalized spacial score (nSPS) is 10.6. The maximum Gasteiger partial charge on any atom is 0.132 e. The average molecular weight is 241 g/mol. The Kier molecular flexibility index (Phi) is 4.05. The number of nitrogens with zero attached hydrogens (tertiary/aromatic N) is 2. The standard InChI is InChI=1S/C15H19N3/c1-11-7-12(2)9-13(8-11)10-15-17-6-4-14(18-15)3-5-16/h4,6-9H,3,5,10,16H2,1-2H3. The SMILES string of the molecule is Cc1cc(C)cc(Cc2nccc(CCN)n2)c1. The zero-order chi connectivity index (χ0) is 13.0. The second-order valence-electron chi connectivity index (χ2n) is 4.68. The fraction of sp³-hybridized carbons (Fsp3) is 0.333. The average Bonchev–Trinajstić information content (AvgIpc) is 2.28. The molecule has 0 bridgehead atoms. The highest BCUT2D eigenvalue weighted by molar-refractivity contribution is 5.30. The summed E-state index contributed by atoms with van der Waals surface area (Å²) in [5, 5.41) is 0. The highest BCUT2D eigenvalue weighted by Crippen LogP contribution is 2.12. The molecular formula is C15H19N3. The van der Waals surface area contributed by atoms with Gasteiger partial charge >= 0.3 is 0 Å². The van der Waals surface area contributed by atoms with Crippen LogP contribution in [-0.4, -0.2) is 16.5 Å². The van der Waals surface area contributed by atoms with Gasteiger partial charge in [0.25, 0.3) is 0 Å². The number of hydrogen-bond acceptors (Lipinski definition) is 3. The molecular weight excluding hydrogens is 222 g/mol. The predicted octanol–water partition coefficient (Wildman–Crippen LogP) is 2.19. The Bertz CT molecular complexity index is 515. The summed E-state index contributed by atoms with van der Waals surface area (Å²) in [6, 6.07) is 8.48. The molecule has 0 unspecified atom stereocenters. The van der Waals surface area contributed by atoms with Crippen molar-refractivity contribution in [1.29, 1.82) is 0 Å². The van der Waals surface area contributed by atoms with Crippen molar-refractivity contribution in [1.82, 2.24) is 9.97 Å². The van der Waals surface area contributed by atoms with Gasteiger partial charge in [-0.15, -0.1) is 0 Å². The van der Waals surface area contributed by atoms with Crippen LogP contribution in [0.1, 0.15) is 28.2 Å². The molecule has 0 atom stereocenters. The van der Waals surface area contributed by atoms with Gasteiger partial charge in [-0.1, -0.05) is 29.3 Å². The van der Waals surface area contributed by atoms with E-state index in [0.717, 1.165) is 24.4 Å². The molecule has 0 aliphatic rings. The predicted molar refractivity (Wildman–Crippen MR) is 73.5 cm³/mol. The second kappa shape index (κ2) is 5.74. The van der Waals surface area contributed by atoms with Gasteiger partial charge in [0, 0.05) is 24.7 Å². The van der Waals surface area contributed by atoms with E-state index in [2.05, 4.69) is 42.0 Å². The minimum Gasteiger partial charge on any atom is -0.330 e. The van der Waals surface area contributed by atoms with E-state index in [1.54, 1.807) is 0 Å². The topological polar surface area (TPSA) is 51.8 Å². The van der Waals surface area contributed by atoms with Crippen molar-refractivity contribution in [2.45, 2.75) is 26.7 Å². The molecule has 0 spiro atoms. The van der Waals surface area contributed by atoms with Crippen LogP contribution < -0.4 is 5.73 Å². The van der Waals surface area contributed by atoms with Crippen molar-refractivity contribution < 1.29 is 0 Å². The maximum absolute atomic E-state index is 5.54. The first kappa shape index (κ1) is 12.7. The van der Waals surface area contributed by atoms with E-state index in [1.807, 2.05) is 12.3 Å². The van der Waals surface area contributed by atoms with Crippen LogP contribution in [0.2, 0.25) is 0 Å². The molecule has 2 aromatic rings. The van der Waals surface area contributed by atoms with Gasteiger partial charge in [-0.05, 0) is 32.0 Å². The summed E-state index contributed by atoms with van der Waals surface area (Å²) in [7, 11) is 0. The van der Waals surface area contributed by atoms with Gasteiger partial charge in [0.2, 0.25) is 0 Å². The molecule has 0 fully saturated rings. The van der Waals surface area contributed by atoms with Crippen LogP contribution in [0.4, 0.5) is 0 Å². The Hall–Kier alpha value is -1.74. The van der Waals surface area contributed by atoms with Crippen LogP contribution in [0.3, 0.4) is 0 Å². The van der Waals surface area contributed by atoms with Gasteiger partial charge < -0.3 is 5.73 Å². The molecule has 3 heteroatoms. The molecule has 0 amide bonds. The molecule has 18 heavy (non-hydrogen) atoms. The lowest BCUT2D eigenvalue weighted by Gasteiger charge is -2.05. The third-order valence-electron chi connectivity index (χ3n) is 2.81. The summed E-state index contributed by atoms with van der Waals surface area (Å²) in [6.07, 6.45) is 3.40. The summed E-state index contributed by atoms with van der Waals surface area (Å²) >= 11 is 0. The molecule has 1 aromatic heterocycles. The van der Waals surface area contributed by atoms with E-state index in [9.17, 15) is 0 Å². The van der Waals surface area contributed by atoms with Crippen molar-refractivity contribution in [3.05, 3.63) is 58.7 Å². The Morgan fingerprint density at radius 2 is 1.83 bits per heavy atom. The molecule has 1 heterocycles. The lowest BCUT2D eigenvalue weighted by Crippen LogP contribution is -2.07. The summed E-state index contributed by atoms with van der Waals surface area (Å²) in [6.45, 7) is 4.85. The number of aryl methyl sites for hydroxylation is 2. The molecule has 0 saturated heterocycles. The fourth-order valence-electron chi connectivity index (χ4n) is 2.17. The first-order chi connectivity index (χ1) is 8.67. The van der Waals surface area contributed by atoms with Gasteiger partial charge in [-0.2, -0.15) is 0 Å². The number of benzene rings is 1. The molecule has 2 N–H and O–H groups in total. The van der Waals surface area contributed by atoms with Crippen LogP contribution >= 0.6 is 0 Å². The van der Waals surface area contributed by atoms with Crippen LogP contribution in [0.5, 0.6) is 0 Å². The molecule has 0 aliphatic carbocycles. The number of hydrogen-bond donors (Lipinski definition) is 1. The largest absolute Gasteiger partial charge is 0.330 e. The van der Waals surface area contributed by atoms with E-state index in [4.69, 9.17) is 5.73 Å². The van der Waals surface area contributed by atoms with E-state index in [1.165, 1.54) is 16.7 Å². The highest BCUT2D eigenvalue weighted by atomic mass is 14.9. The second-order valence-corrected chi connectivity index (χ2v) is 4.68. The minimum atomic E-state index is 0.625. The Labute approximate surface area is 108 Å². The van der Waals surface area contributed by atoms with Gasteiger partial charge in [0.15, 0.2) is 0 Å². The molecule has 3 nitrogen and oxygen atoms in total. The first-order valence-electron chi connectivity index (χ1n) is 6.25. The Morgan fingerprint density at radius 1 is 1.11 bits per heavy atom. The van der Waals surface area contributed by atoms with Gasteiger partial charge in [-0.25, -0.2) is 9.97 Å². The van der Waals surface area contributed by atoms with Crippen LogP contribution in [-0.2, 0) is 12.8 Å². The fourth-order valence-corrected chi connectivity index (χ4v) is 2.17. The van der Waals surface area contributed by atoms with Crippen molar-refractivity contribution in [2.24, 2.45) is 5.73 Å². The first-order valence-corrected chi connectivity index (χ1v) is 6.25. The number of nitrogens with two attached hydrogens (primary N) is 1. The Balaban J connectivity index is 2.20. The van der Waals surface area contributed by atoms with E-state index in [-0.39, 0.29) is 0 Å². The van der Waals surface area contributed by atoms with Crippen molar-refractivity contribution in [2.75, 3.05) is 6.54 Å². The summed E-state index contributed by atoms with van der Waals surface area (Å²) in [5.41, 5.74) is 10.4. The van der Waals surface area contributed by atoms with Crippen LogP contribution in [0.15, 0.2) is 30.5 Å². The monoisotopic (exact) mass is 241 g/mol. The number of rotatable bonds is 4. The smallest absolute Gasteiger partial charge is 0.132 e. The molecule has 94 valence electrons. The summed E-state index contributed by atoms with van der Waals surface area (Å²) in [4.78, 5) is 8.85. The van der Waals surface area contributed by atoms with Crippen molar-refractivity contribution in [3.63, 3.8) is 0 Å². The lowest BCUT2D eigenvalue weighted by molar-refractivity contribution is 0.865. The van der Waals surface area contributed by atoms with Crippen molar-refractivity contribution in [3.8, 4) is 0 Å². The van der Waals surface area contributed by atoms with E-state index >= 15 is 0 Å². The Morgan fingerprint density at radius 3 is 2.50 bits per heavy atom. The van der Waals surface area contributed by atoms with Gasteiger partial charge in [0.1, 0.15) is 5.82 Å². The molecule has 2 rings (SSSR count). The summed E-state index contributed by atoms with van der Waals surface area (Å²) < 4.78 is 0. The van der Waals surface area contributed by atoms with Crippen molar-refractivity contribution >= 4 is 0 Å². The zero-order valence-electron chi connectivity index (χ0n) is 11.0. The van der Waals surface area contributed by atoms with Crippen LogP contribution in [0, 0.1) is 13.8 Å². The van der Waals surface area contributed by atoms with Crippen LogP contribution in [0.25, 0.3) is 0 Å².